The van der Waals surface area contributed by atoms with E-state index in [-0.39, 0.29) is 10.8 Å². The summed E-state index contributed by atoms with van der Waals surface area (Å²) in [6.45, 7) is 13.3. The van der Waals surface area contributed by atoms with E-state index < -0.39 is 12.7 Å². The van der Waals surface area contributed by atoms with Crippen LogP contribution in [0.25, 0.3) is 11.1 Å². The van der Waals surface area contributed by atoms with Gasteiger partial charge in [0.1, 0.15) is 5.60 Å². The van der Waals surface area contributed by atoms with Gasteiger partial charge in [-0.2, -0.15) is 0 Å². The quantitative estimate of drug-likeness (QED) is 0.166. The molecule has 0 saturated carbocycles. The maximum atomic E-state index is 15.1. The second kappa shape index (κ2) is 13.7. The highest BCUT2D eigenvalue weighted by atomic mass is 31.2. The molecule has 1 aliphatic rings. The zero-order valence-electron chi connectivity index (χ0n) is 32.5. The van der Waals surface area contributed by atoms with Gasteiger partial charge in [0.2, 0.25) is 0 Å². The topological polar surface area (TPSA) is 40.5 Å². The Morgan fingerprint density at radius 2 is 0.818 bits per heavy atom. The first-order chi connectivity index (χ1) is 26.3. The molecule has 0 radical (unpaired) electrons. The van der Waals surface area contributed by atoms with E-state index >= 15 is 4.57 Å². The summed E-state index contributed by atoms with van der Waals surface area (Å²) in [4.78, 5) is 2.21. The Bertz CT molecular complexity index is 2410. The molecule has 0 bridgehead atoms. The van der Waals surface area contributed by atoms with Crippen molar-refractivity contribution in [1.29, 1.82) is 0 Å². The van der Waals surface area contributed by atoms with Crippen molar-refractivity contribution >= 4 is 40.1 Å². The van der Waals surface area contributed by atoms with E-state index in [4.69, 9.17) is 0 Å². The fraction of sp³-hybridized carbons (Fsp3) is 0.176. The minimum atomic E-state index is -3.13. The lowest BCUT2D eigenvalue weighted by atomic mass is 9.79. The molecule has 0 amide bonds. The molecule has 3 nitrogen and oxygen atoms in total. The summed E-state index contributed by atoms with van der Waals surface area (Å²) in [7, 11) is -3.13. The lowest BCUT2D eigenvalue weighted by Crippen LogP contribution is -2.27. The monoisotopic (exact) mass is 737 g/mol. The van der Waals surface area contributed by atoms with E-state index in [0.29, 0.717) is 0 Å². The molecule has 0 aliphatic heterocycles. The van der Waals surface area contributed by atoms with Crippen LogP contribution in [0.15, 0.2) is 176 Å². The standard InChI is InChI=1S/C51H48NO2P/c1-49(2,3)37-24-32-45-46-33-25-38(50(4,5)6)35-48(46)51(53,47(45)34-37)36-22-26-40(27-23-36)52(39-16-10-7-11-17-39)41-28-30-44(31-29-41)55(54,42-18-12-8-13-19-42)43-20-14-9-15-21-43/h7-35,53H,1-6H3. The maximum absolute atomic E-state index is 15.1. The molecule has 4 heteroatoms. The number of hydrogen-bond acceptors (Lipinski definition) is 3. The zero-order valence-corrected chi connectivity index (χ0v) is 33.4. The average molecular weight is 738 g/mol. The van der Waals surface area contributed by atoms with Crippen molar-refractivity contribution in [3.63, 3.8) is 0 Å². The average Bonchev–Trinajstić information content (AvgIpc) is 3.46. The molecular formula is C51H48NO2P. The summed E-state index contributed by atoms with van der Waals surface area (Å²) in [6.07, 6.45) is 0. The summed E-state index contributed by atoms with van der Waals surface area (Å²) in [5.74, 6) is 0. The van der Waals surface area contributed by atoms with Gasteiger partial charge in [-0.25, -0.2) is 0 Å². The van der Waals surface area contributed by atoms with Crippen LogP contribution in [0.2, 0.25) is 0 Å². The molecule has 1 N–H and O–H groups in total. The van der Waals surface area contributed by atoms with Crippen molar-refractivity contribution in [2.75, 3.05) is 4.90 Å². The van der Waals surface area contributed by atoms with Crippen molar-refractivity contribution in [2.24, 2.45) is 0 Å². The smallest absolute Gasteiger partial charge is 0.171 e. The SMILES string of the molecule is CC(C)(C)c1ccc2c(c1)C(O)(c1ccc(N(c3ccccc3)c3ccc(P(=O)(c4ccccc4)c4ccccc4)cc3)cc1)c1cc(C(C)(C)C)ccc1-2. The number of nitrogens with zero attached hydrogens (tertiary/aromatic N) is 1. The predicted molar refractivity (Wildman–Crippen MR) is 232 cm³/mol. The van der Waals surface area contributed by atoms with Crippen LogP contribution in [0.5, 0.6) is 0 Å². The van der Waals surface area contributed by atoms with Gasteiger partial charge in [0, 0.05) is 44.1 Å². The first kappa shape index (κ1) is 36.5. The highest BCUT2D eigenvalue weighted by Gasteiger charge is 2.44. The molecular weight excluding hydrogens is 690 g/mol. The van der Waals surface area contributed by atoms with Crippen LogP contribution in [-0.2, 0) is 21.0 Å². The second-order valence-corrected chi connectivity index (χ2v) is 19.5. The van der Waals surface area contributed by atoms with Crippen LogP contribution in [0.4, 0.5) is 17.1 Å². The highest BCUT2D eigenvalue weighted by molar-refractivity contribution is 7.85. The summed E-state index contributed by atoms with van der Waals surface area (Å²) in [5, 5.41) is 15.6. The summed E-state index contributed by atoms with van der Waals surface area (Å²) in [6, 6.07) is 59.6. The predicted octanol–water partition coefficient (Wildman–Crippen LogP) is 11.7. The Balaban J connectivity index is 1.23. The largest absolute Gasteiger partial charge is 0.376 e. The van der Waals surface area contributed by atoms with E-state index in [1.165, 1.54) is 11.1 Å². The number of para-hydroxylation sites is 1. The molecule has 0 fully saturated rings. The molecule has 274 valence electrons. The van der Waals surface area contributed by atoms with Crippen LogP contribution >= 0.6 is 7.14 Å². The maximum Gasteiger partial charge on any atom is 0.171 e. The van der Waals surface area contributed by atoms with Gasteiger partial charge in [0.15, 0.2) is 7.14 Å². The minimum Gasteiger partial charge on any atom is -0.376 e. The van der Waals surface area contributed by atoms with Crippen molar-refractivity contribution in [3.05, 3.63) is 204 Å². The van der Waals surface area contributed by atoms with Gasteiger partial charge >= 0.3 is 0 Å². The molecule has 0 heterocycles. The van der Waals surface area contributed by atoms with Crippen molar-refractivity contribution in [1.82, 2.24) is 0 Å². The number of benzene rings is 7. The molecule has 0 atom stereocenters. The van der Waals surface area contributed by atoms with Gasteiger partial charge in [-0.3, -0.25) is 0 Å². The summed E-state index contributed by atoms with van der Waals surface area (Å²) >= 11 is 0. The van der Waals surface area contributed by atoms with Crippen LogP contribution in [0.3, 0.4) is 0 Å². The molecule has 0 aromatic heterocycles. The number of hydrogen-bond donors (Lipinski definition) is 1. The highest BCUT2D eigenvalue weighted by Crippen LogP contribution is 2.53. The van der Waals surface area contributed by atoms with Crippen molar-refractivity contribution < 1.29 is 9.67 Å². The third kappa shape index (κ3) is 6.36. The van der Waals surface area contributed by atoms with E-state index in [2.05, 4.69) is 131 Å². The van der Waals surface area contributed by atoms with Gasteiger partial charge in [-0.1, -0.05) is 169 Å². The molecule has 7 aromatic carbocycles. The fourth-order valence-corrected chi connectivity index (χ4v) is 10.6. The fourth-order valence-electron chi connectivity index (χ4n) is 7.96. The van der Waals surface area contributed by atoms with E-state index in [1.54, 1.807) is 0 Å². The third-order valence-electron chi connectivity index (χ3n) is 11.1. The van der Waals surface area contributed by atoms with Crippen LogP contribution in [0, 0.1) is 0 Å². The molecule has 7 aromatic rings. The molecule has 8 rings (SSSR count). The Kier molecular flexibility index (Phi) is 9.08. The number of aliphatic hydroxyl groups is 1. The second-order valence-electron chi connectivity index (χ2n) is 16.7. The first-order valence-corrected chi connectivity index (χ1v) is 20.8. The van der Waals surface area contributed by atoms with Gasteiger partial charge in [0.05, 0.1) is 0 Å². The number of fused-ring (bicyclic) bond motifs is 3. The molecule has 55 heavy (non-hydrogen) atoms. The number of rotatable bonds is 7. The van der Waals surface area contributed by atoms with Crippen molar-refractivity contribution in [2.45, 2.75) is 58.0 Å². The van der Waals surface area contributed by atoms with Crippen LogP contribution in [-0.4, -0.2) is 5.11 Å². The van der Waals surface area contributed by atoms with E-state index in [9.17, 15) is 5.11 Å². The Labute approximate surface area is 326 Å². The lowest BCUT2D eigenvalue weighted by Gasteiger charge is -2.31. The van der Waals surface area contributed by atoms with E-state index in [1.807, 2.05) is 91.0 Å². The Hall–Kier alpha value is -5.47. The Morgan fingerprint density at radius 3 is 1.24 bits per heavy atom. The van der Waals surface area contributed by atoms with Gasteiger partial charge in [0.25, 0.3) is 0 Å². The van der Waals surface area contributed by atoms with Gasteiger partial charge in [-0.05, 0) is 87.2 Å². The zero-order chi connectivity index (χ0) is 38.6. The normalized spacial score (nSPS) is 13.6. The van der Waals surface area contributed by atoms with Gasteiger partial charge < -0.3 is 14.6 Å². The summed E-state index contributed by atoms with van der Waals surface area (Å²) in [5.41, 5.74) is 8.59. The Morgan fingerprint density at radius 1 is 0.455 bits per heavy atom. The first-order valence-electron chi connectivity index (χ1n) is 19.1. The lowest BCUT2D eigenvalue weighted by molar-refractivity contribution is 0.130. The molecule has 1 aliphatic carbocycles. The number of anilines is 3. The van der Waals surface area contributed by atoms with Gasteiger partial charge in [-0.15, -0.1) is 0 Å². The van der Waals surface area contributed by atoms with Crippen LogP contribution < -0.4 is 20.8 Å². The third-order valence-corrected chi connectivity index (χ3v) is 14.2. The van der Waals surface area contributed by atoms with E-state index in [0.717, 1.165) is 60.8 Å². The summed E-state index contributed by atoms with van der Waals surface area (Å²) < 4.78 is 15.1. The molecule has 0 spiro atoms. The van der Waals surface area contributed by atoms with Crippen LogP contribution in [0.1, 0.15) is 69.4 Å². The molecule has 0 unspecified atom stereocenters. The molecule has 0 saturated heterocycles. The van der Waals surface area contributed by atoms with Crippen molar-refractivity contribution in [3.8, 4) is 11.1 Å². The minimum absolute atomic E-state index is 0.0766.